The molecule has 0 aromatic heterocycles. The van der Waals surface area contributed by atoms with Gasteiger partial charge in [0, 0.05) is 33.4 Å². The van der Waals surface area contributed by atoms with Crippen molar-refractivity contribution < 1.29 is 23.0 Å². The van der Waals surface area contributed by atoms with Crippen LogP contribution in [0, 0.1) is 5.92 Å². The minimum Gasteiger partial charge on any atom is -0.490 e. The van der Waals surface area contributed by atoms with Gasteiger partial charge in [-0.1, -0.05) is 6.07 Å². The second kappa shape index (κ2) is 11.6. The van der Waals surface area contributed by atoms with Gasteiger partial charge in [0.25, 0.3) is 0 Å². The van der Waals surface area contributed by atoms with E-state index in [2.05, 4.69) is 20.4 Å². The Bertz CT molecular complexity index is 596. The van der Waals surface area contributed by atoms with Crippen LogP contribution in [0.2, 0.25) is 0 Å². The van der Waals surface area contributed by atoms with Gasteiger partial charge in [0.05, 0.1) is 6.61 Å². The first kappa shape index (κ1) is 21.2. The van der Waals surface area contributed by atoms with E-state index < -0.39 is 6.61 Å². The van der Waals surface area contributed by atoms with E-state index in [-0.39, 0.29) is 5.75 Å². The first-order valence-electron chi connectivity index (χ1n) is 9.35. The number of rotatable bonds is 12. The second-order valence-electron chi connectivity index (χ2n) is 6.32. The lowest BCUT2D eigenvalue weighted by molar-refractivity contribution is -0.0514. The van der Waals surface area contributed by atoms with Crippen molar-refractivity contribution in [3.63, 3.8) is 0 Å². The van der Waals surface area contributed by atoms with Crippen molar-refractivity contribution in [2.45, 2.75) is 39.3 Å². The van der Waals surface area contributed by atoms with E-state index in [4.69, 9.17) is 9.47 Å². The highest BCUT2D eigenvalue weighted by molar-refractivity contribution is 5.79. The molecule has 2 rings (SSSR count). The van der Waals surface area contributed by atoms with Gasteiger partial charge in [-0.05, 0) is 49.8 Å². The Kier molecular flexibility index (Phi) is 9.10. The molecule has 152 valence electrons. The summed E-state index contributed by atoms with van der Waals surface area (Å²) >= 11 is 0. The SMILES string of the molecule is CCOc1cc(CNC(=NC)NCCCOCC2CC2)ccc1OC(F)F. The smallest absolute Gasteiger partial charge is 0.387 e. The third-order valence-corrected chi connectivity index (χ3v) is 4.02. The molecule has 2 N–H and O–H groups in total. The number of ether oxygens (including phenoxy) is 3. The van der Waals surface area contributed by atoms with Crippen LogP contribution in [0.1, 0.15) is 31.7 Å². The van der Waals surface area contributed by atoms with Crippen molar-refractivity contribution in [3.05, 3.63) is 23.8 Å². The van der Waals surface area contributed by atoms with Gasteiger partial charge in [-0.15, -0.1) is 0 Å². The second-order valence-corrected chi connectivity index (χ2v) is 6.32. The standard InChI is InChI=1S/C19H29F2N3O3/c1-3-26-17-11-15(7-8-16(17)27-18(20)21)12-24-19(22-2)23-9-4-10-25-13-14-5-6-14/h7-8,11,14,18H,3-6,9-10,12-13H2,1-2H3,(H2,22,23,24). The maximum Gasteiger partial charge on any atom is 0.387 e. The average Bonchev–Trinajstić information content (AvgIpc) is 3.46. The number of hydrogen-bond acceptors (Lipinski definition) is 4. The van der Waals surface area contributed by atoms with Crippen LogP contribution in [0.5, 0.6) is 11.5 Å². The number of nitrogens with zero attached hydrogens (tertiary/aromatic N) is 1. The van der Waals surface area contributed by atoms with E-state index in [1.165, 1.54) is 18.9 Å². The summed E-state index contributed by atoms with van der Waals surface area (Å²) in [6, 6.07) is 4.89. The molecule has 0 unspecified atom stereocenters. The maximum atomic E-state index is 12.5. The van der Waals surface area contributed by atoms with Gasteiger partial charge in [0.15, 0.2) is 17.5 Å². The summed E-state index contributed by atoms with van der Waals surface area (Å²) in [5, 5.41) is 6.41. The van der Waals surface area contributed by atoms with Gasteiger partial charge in [-0.25, -0.2) is 0 Å². The fourth-order valence-corrected chi connectivity index (χ4v) is 2.45. The molecule has 0 radical (unpaired) electrons. The fraction of sp³-hybridized carbons (Fsp3) is 0.632. The third kappa shape index (κ3) is 8.43. The highest BCUT2D eigenvalue weighted by atomic mass is 19.3. The summed E-state index contributed by atoms with van der Waals surface area (Å²) in [4.78, 5) is 4.17. The average molecular weight is 385 g/mol. The first-order chi connectivity index (χ1) is 13.1. The number of aliphatic imine (C=N–C) groups is 1. The van der Waals surface area contributed by atoms with Crippen LogP contribution in [0.3, 0.4) is 0 Å². The van der Waals surface area contributed by atoms with Crippen molar-refractivity contribution in [3.8, 4) is 11.5 Å². The lowest BCUT2D eigenvalue weighted by atomic mass is 10.2. The summed E-state index contributed by atoms with van der Waals surface area (Å²) in [6.45, 7) is 2.12. The molecule has 0 amide bonds. The monoisotopic (exact) mass is 385 g/mol. The molecule has 1 aromatic rings. The molecule has 1 aliphatic rings. The fourth-order valence-electron chi connectivity index (χ4n) is 2.45. The molecule has 0 bridgehead atoms. The summed E-state index contributed by atoms with van der Waals surface area (Å²) < 4.78 is 40.4. The summed E-state index contributed by atoms with van der Waals surface area (Å²) in [5.74, 6) is 1.78. The number of guanidine groups is 1. The Hall–Kier alpha value is -2.09. The van der Waals surface area contributed by atoms with Gasteiger partial charge in [-0.2, -0.15) is 8.78 Å². The molecule has 27 heavy (non-hydrogen) atoms. The summed E-state index contributed by atoms with van der Waals surface area (Å²) in [6.07, 6.45) is 3.51. The number of alkyl halides is 2. The van der Waals surface area contributed by atoms with Crippen LogP contribution in [0.25, 0.3) is 0 Å². The lowest BCUT2D eigenvalue weighted by Gasteiger charge is -2.15. The van der Waals surface area contributed by atoms with Crippen LogP contribution < -0.4 is 20.1 Å². The molecule has 1 saturated carbocycles. The normalized spacial score (nSPS) is 14.3. The van der Waals surface area contributed by atoms with Crippen molar-refractivity contribution in [2.24, 2.45) is 10.9 Å². The zero-order chi connectivity index (χ0) is 19.5. The van der Waals surface area contributed by atoms with Crippen LogP contribution in [-0.2, 0) is 11.3 Å². The largest absolute Gasteiger partial charge is 0.490 e. The Morgan fingerprint density at radius 3 is 2.74 bits per heavy atom. The molecule has 0 atom stereocenters. The van der Waals surface area contributed by atoms with E-state index in [1.807, 2.05) is 0 Å². The number of benzene rings is 1. The number of hydrogen-bond donors (Lipinski definition) is 2. The van der Waals surface area contributed by atoms with Crippen LogP contribution in [-0.4, -0.2) is 46.0 Å². The van der Waals surface area contributed by atoms with Gasteiger partial charge >= 0.3 is 6.61 Å². The van der Waals surface area contributed by atoms with E-state index in [1.54, 1.807) is 26.1 Å². The van der Waals surface area contributed by atoms with Crippen LogP contribution in [0.15, 0.2) is 23.2 Å². The molecule has 1 aromatic carbocycles. The van der Waals surface area contributed by atoms with Gasteiger partial charge in [0.2, 0.25) is 0 Å². The molecule has 6 nitrogen and oxygen atoms in total. The van der Waals surface area contributed by atoms with Crippen molar-refractivity contribution in [1.29, 1.82) is 0 Å². The molecule has 0 saturated heterocycles. The molecule has 0 aliphatic heterocycles. The van der Waals surface area contributed by atoms with Gasteiger partial charge < -0.3 is 24.8 Å². The molecular weight excluding hydrogens is 356 g/mol. The predicted octanol–water partition coefficient (Wildman–Crippen LogP) is 3.17. The molecule has 1 fully saturated rings. The minimum atomic E-state index is -2.88. The molecular formula is C19H29F2N3O3. The summed E-state index contributed by atoms with van der Waals surface area (Å²) in [5.41, 5.74) is 0.871. The predicted molar refractivity (Wildman–Crippen MR) is 101 cm³/mol. The van der Waals surface area contributed by atoms with Gasteiger partial charge in [-0.3, -0.25) is 4.99 Å². The van der Waals surface area contributed by atoms with E-state index in [0.717, 1.165) is 37.7 Å². The zero-order valence-corrected chi connectivity index (χ0v) is 16.0. The lowest BCUT2D eigenvalue weighted by Crippen LogP contribution is -2.37. The van der Waals surface area contributed by atoms with E-state index in [0.29, 0.717) is 24.9 Å². The van der Waals surface area contributed by atoms with E-state index in [9.17, 15) is 8.78 Å². The van der Waals surface area contributed by atoms with Crippen molar-refractivity contribution in [1.82, 2.24) is 10.6 Å². The molecule has 0 heterocycles. The van der Waals surface area contributed by atoms with Crippen molar-refractivity contribution >= 4 is 5.96 Å². The molecule has 0 spiro atoms. The minimum absolute atomic E-state index is 0.0318. The summed E-state index contributed by atoms with van der Waals surface area (Å²) in [7, 11) is 1.70. The van der Waals surface area contributed by atoms with Crippen LogP contribution in [0.4, 0.5) is 8.78 Å². The highest BCUT2D eigenvalue weighted by Crippen LogP contribution is 2.30. The Labute approximate surface area is 159 Å². The maximum absolute atomic E-state index is 12.5. The zero-order valence-electron chi connectivity index (χ0n) is 16.0. The van der Waals surface area contributed by atoms with Crippen LogP contribution >= 0.6 is 0 Å². The first-order valence-corrected chi connectivity index (χ1v) is 9.35. The highest BCUT2D eigenvalue weighted by Gasteiger charge is 2.20. The van der Waals surface area contributed by atoms with Crippen molar-refractivity contribution in [2.75, 3.05) is 33.4 Å². The number of nitrogens with one attached hydrogen (secondary N) is 2. The van der Waals surface area contributed by atoms with E-state index >= 15 is 0 Å². The third-order valence-electron chi connectivity index (χ3n) is 4.02. The molecule has 8 heteroatoms. The van der Waals surface area contributed by atoms with Gasteiger partial charge in [0.1, 0.15) is 0 Å². The quantitative estimate of drug-likeness (QED) is 0.329. The number of halogens is 2. The molecule has 1 aliphatic carbocycles. The Morgan fingerprint density at radius 1 is 1.26 bits per heavy atom. The Morgan fingerprint density at radius 2 is 2.07 bits per heavy atom. The Balaban J connectivity index is 1.74. The topological polar surface area (TPSA) is 64.1 Å².